The van der Waals surface area contributed by atoms with E-state index in [1.54, 1.807) is 0 Å². The number of ether oxygens (including phenoxy) is 1. The topological polar surface area (TPSA) is 46.5 Å². The van der Waals surface area contributed by atoms with Crippen LogP contribution >= 0.6 is 0 Å². The van der Waals surface area contributed by atoms with E-state index < -0.39 is 0 Å². The summed E-state index contributed by atoms with van der Waals surface area (Å²) in [6, 6.07) is 8.82. The summed E-state index contributed by atoms with van der Waals surface area (Å²) in [5.74, 6) is 1.57. The highest BCUT2D eigenvalue weighted by atomic mass is 16.5. The van der Waals surface area contributed by atoms with E-state index in [0.29, 0.717) is 12.4 Å². The van der Waals surface area contributed by atoms with Gasteiger partial charge in [-0.05, 0) is 74.8 Å². The molecule has 1 N–H and O–H groups in total. The first kappa shape index (κ1) is 19.7. The summed E-state index contributed by atoms with van der Waals surface area (Å²) in [4.78, 5) is 10.3. The van der Waals surface area contributed by atoms with Gasteiger partial charge in [-0.3, -0.25) is 4.79 Å². The van der Waals surface area contributed by atoms with Gasteiger partial charge in [0.2, 0.25) is 0 Å². The molecule has 1 atom stereocenters. The van der Waals surface area contributed by atoms with Crippen LogP contribution < -0.4 is 0 Å². The van der Waals surface area contributed by atoms with Crippen molar-refractivity contribution in [1.29, 1.82) is 0 Å². The lowest BCUT2D eigenvalue weighted by molar-refractivity contribution is -0.130. The summed E-state index contributed by atoms with van der Waals surface area (Å²) in [5, 5.41) is 9.37. The normalized spacial score (nSPS) is 22.0. The van der Waals surface area contributed by atoms with Gasteiger partial charge in [-0.15, -0.1) is 0 Å². The minimum atomic E-state index is -0.0244. The summed E-state index contributed by atoms with van der Waals surface area (Å²) in [6.45, 7) is 2.85. The first-order valence-corrected chi connectivity index (χ1v) is 9.62. The van der Waals surface area contributed by atoms with Crippen molar-refractivity contribution in [2.24, 2.45) is 11.8 Å². The van der Waals surface area contributed by atoms with Gasteiger partial charge in [0.15, 0.2) is 0 Å². The molecular formula is C22H32O3. The van der Waals surface area contributed by atoms with Gasteiger partial charge in [-0.1, -0.05) is 36.4 Å². The van der Waals surface area contributed by atoms with E-state index >= 15 is 0 Å². The summed E-state index contributed by atoms with van der Waals surface area (Å²) in [5.41, 5.74) is 2.64. The van der Waals surface area contributed by atoms with Gasteiger partial charge < -0.3 is 9.84 Å². The van der Waals surface area contributed by atoms with Crippen LogP contribution in [-0.2, 0) is 16.0 Å². The first-order valence-electron chi connectivity index (χ1n) is 9.62. The zero-order valence-electron chi connectivity index (χ0n) is 15.4. The molecule has 1 unspecified atom stereocenters. The van der Waals surface area contributed by atoms with Crippen molar-refractivity contribution in [1.82, 2.24) is 0 Å². The molecule has 0 amide bonds. The van der Waals surface area contributed by atoms with Crippen molar-refractivity contribution in [2.45, 2.75) is 57.8 Å². The molecule has 25 heavy (non-hydrogen) atoms. The number of hydrogen-bond donors (Lipinski definition) is 1. The summed E-state index contributed by atoms with van der Waals surface area (Å²) in [6.07, 6.45) is 13.0. The SMILES string of the molecule is C/C=C/CCC1CCC(c2ccc(CC(CO)COC=O)cc2)CC1. The summed E-state index contributed by atoms with van der Waals surface area (Å²) in [7, 11) is 0. The molecule has 1 aliphatic carbocycles. The second-order valence-electron chi connectivity index (χ2n) is 7.29. The maximum Gasteiger partial charge on any atom is 0.293 e. The van der Waals surface area contributed by atoms with Crippen molar-refractivity contribution >= 4 is 6.47 Å². The molecule has 0 aromatic heterocycles. The van der Waals surface area contributed by atoms with Crippen molar-refractivity contribution in [3.63, 3.8) is 0 Å². The monoisotopic (exact) mass is 344 g/mol. The minimum Gasteiger partial charge on any atom is -0.468 e. The van der Waals surface area contributed by atoms with Crippen molar-refractivity contribution < 1.29 is 14.6 Å². The van der Waals surface area contributed by atoms with E-state index in [1.807, 2.05) is 0 Å². The smallest absolute Gasteiger partial charge is 0.293 e. The fraction of sp³-hybridized carbons (Fsp3) is 0.591. The molecule has 0 radical (unpaired) electrons. The van der Waals surface area contributed by atoms with E-state index in [2.05, 4.69) is 43.3 Å². The molecule has 138 valence electrons. The van der Waals surface area contributed by atoms with Gasteiger partial charge >= 0.3 is 0 Å². The third-order valence-corrected chi connectivity index (χ3v) is 5.46. The van der Waals surface area contributed by atoms with E-state index in [9.17, 15) is 9.90 Å². The number of hydrogen-bond acceptors (Lipinski definition) is 3. The summed E-state index contributed by atoms with van der Waals surface area (Å²) < 4.78 is 4.78. The Morgan fingerprint density at radius 3 is 2.52 bits per heavy atom. The fourth-order valence-corrected chi connectivity index (χ4v) is 3.89. The lowest BCUT2D eigenvalue weighted by Gasteiger charge is -2.28. The molecule has 0 bridgehead atoms. The van der Waals surface area contributed by atoms with Gasteiger partial charge in [0.25, 0.3) is 6.47 Å². The van der Waals surface area contributed by atoms with Crippen molar-refractivity contribution in [3.8, 4) is 0 Å². The van der Waals surface area contributed by atoms with Gasteiger partial charge in [0.1, 0.15) is 0 Å². The Hall–Kier alpha value is -1.61. The maximum atomic E-state index is 10.3. The number of carbonyl (C=O) groups excluding carboxylic acids is 1. The Morgan fingerprint density at radius 1 is 1.20 bits per heavy atom. The van der Waals surface area contributed by atoms with Crippen LogP contribution in [0.1, 0.15) is 62.5 Å². The molecule has 2 rings (SSSR count). The third-order valence-electron chi connectivity index (χ3n) is 5.46. The standard InChI is InChI=1S/C22H32O3/c1-2-3-4-5-18-6-10-21(11-7-18)22-12-8-19(9-13-22)14-20(15-23)16-25-17-24/h2-3,8-9,12-13,17-18,20-21,23H,4-7,10-11,14-16H2,1H3/b3-2+. The Bertz CT molecular complexity index is 513. The maximum absolute atomic E-state index is 10.3. The number of carbonyl (C=O) groups is 1. The number of aliphatic hydroxyl groups excluding tert-OH is 1. The zero-order chi connectivity index (χ0) is 17.9. The highest BCUT2D eigenvalue weighted by Gasteiger charge is 2.22. The number of rotatable bonds is 10. The van der Waals surface area contributed by atoms with Crippen LogP contribution in [0.5, 0.6) is 0 Å². The van der Waals surface area contributed by atoms with Crippen LogP contribution in [0.15, 0.2) is 36.4 Å². The second-order valence-corrected chi connectivity index (χ2v) is 7.29. The number of aliphatic hydroxyl groups is 1. The molecule has 1 aliphatic rings. The Kier molecular flexibility index (Phi) is 8.75. The lowest BCUT2D eigenvalue weighted by Crippen LogP contribution is -2.16. The molecule has 1 aromatic rings. The minimum absolute atomic E-state index is 0.0244. The van der Waals surface area contributed by atoms with Gasteiger partial charge in [0.05, 0.1) is 6.61 Å². The third kappa shape index (κ3) is 6.66. The van der Waals surface area contributed by atoms with Crippen LogP contribution in [0.2, 0.25) is 0 Å². The molecule has 0 aliphatic heterocycles. The Balaban J connectivity index is 1.81. The Morgan fingerprint density at radius 2 is 1.92 bits per heavy atom. The lowest BCUT2D eigenvalue weighted by atomic mass is 9.77. The van der Waals surface area contributed by atoms with E-state index in [0.717, 1.165) is 12.3 Å². The first-order chi connectivity index (χ1) is 12.3. The van der Waals surface area contributed by atoms with Crippen LogP contribution in [0, 0.1) is 11.8 Å². The van der Waals surface area contributed by atoms with Crippen LogP contribution in [0.4, 0.5) is 0 Å². The number of benzene rings is 1. The molecule has 0 heterocycles. The van der Waals surface area contributed by atoms with E-state index in [1.165, 1.54) is 49.7 Å². The molecule has 0 spiro atoms. The molecule has 3 nitrogen and oxygen atoms in total. The van der Waals surface area contributed by atoms with Gasteiger partial charge in [-0.2, -0.15) is 0 Å². The van der Waals surface area contributed by atoms with Crippen LogP contribution in [-0.4, -0.2) is 24.8 Å². The average molecular weight is 344 g/mol. The zero-order valence-corrected chi connectivity index (χ0v) is 15.4. The predicted octanol–water partition coefficient (Wildman–Crippen LogP) is 4.64. The van der Waals surface area contributed by atoms with Crippen LogP contribution in [0.3, 0.4) is 0 Å². The molecule has 1 fully saturated rings. The molecule has 1 saturated carbocycles. The van der Waals surface area contributed by atoms with Crippen LogP contribution in [0.25, 0.3) is 0 Å². The van der Waals surface area contributed by atoms with Crippen molar-refractivity contribution in [2.75, 3.05) is 13.2 Å². The predicted molar refractivity (Wildman–Crippen MR) is 101 cm³/mol. The quantitative estimate of drug-likeness (QED) is 0.497. The molecule has 1 aromatic carbocycles. The van der Waals surface area contributed by atoms with Crippen molar-refractivity contribution in [3.05, 3.63) is 47.5 Å². The highest BCUT2D eigenvalue weighted by Crippen LogP contribution is 2.37. The molecular weight excluding hydrogens is 312 g/mol. The fourth-order valence-electron chi connectivity index (χ4n) is 3.89. The van der Waals surface area contributed by atoms with E-state index in [4.69, 9.17) is 4.74 Å². The second kappa shape index (κ2) is 11.1. The molecule has 0 saturated heterocycles. The van der Waals surface area contributed by atoms with Gasteiger partial charge in [-0.25, -0.2) is 0 Å². The number of allylic oxidation sites excluding steroid dienone is 2. The largest absolute Gasteiger partial charge is 0.468 e. The highest BCUT2D eigenvalue weighted by molar-refractivity contribution is 5.36. The average Bonchev–Trinajstić information content (AvgIpc) is 2.66. The van der Waals surface area contributed by atoms with E-state index in [-0.39, 0.29) is 19.1 Å². The van der Waals surface area contributed by atoms with Gasteiger partial charge in [0, 0.05) is 12.5 Å². The Labute approximate surface area is 152 Å². The summed E-state index contributed by atoms with van der Waals surface area (Å²) >= 11 is 0. The molecule has 3 heteroatoms.